The zero-order chi connectivity index (χ0) is 13.2. The Kier molecular flexibility index (Phi) is 3.90. The molecule has 0 aromatic rings. The van der Waals surface area contributed by atoms with Gasteiger partial charge in [-0.2, -0.15) is 0 Å². The SMILES string of the molecule is COC(=O)C1(C(=O)N2CCC[C@H](CCN)C2)CC1. The minimum Gasteiger partial charge on any atom is -0.468 e. The third-order valence-corrected chi connectivity index (χ3v) is 4.12. The van der Waals surface area contributed by atoms with E-state index in [9.17, 15) is 9.59 Å². The molecular weight excluding hydrogens is 232 g/mol. The van der Waals surface area contributed by atoms with Gasteiger partial charge in [0.25, 0.3) is 0 Å². The maximum absolute atomic E-state index is 12.4. The van der Waals surface area contributed by atoms with Gasteiger partial charge in [-0.3, -0.25) is 9.59 Å². The Bertz CT molecular complexity index is 337. The van der Waals surface area contributed by atoms with Crippen molar-refractivity contribution in [2.45, 2.75) is 32.1 Å². The predicted molar refractivity (Wildman–Crippen MR) is 66.7 cm³/mol. The first-order valence-corrected chi connectivity index (χ1v) is 6.72. The molecule has 2 N–H and O–H groups in total. The third kappa shape index (κ3) is 2.36. The molecule has 18 heavy (non-hydrogen) atoms. The summed E-state index contributed by atoms with van der Waals surface area (Å²) in [6.45, 7) is 2.17. The van der Waals surface area contributed by atoms with E-state index in [1.54, 1.807) is 0 Å². The van der Waals surface area contributed by atoms with E-state index in [2.05, 4.69) is 0 Å². The van der Waals surface area contributed by atoms with Crippen LogP contribution in [0.5, 0.6) is 0 Å². The lowest BCUT2D eigenvalue weighted by Crippen LogP contribution is -2.46. The van der Waals surface area contributed by atoms with Crippen molar-refractivity contribution in [1.82, 2.24) is 4.90 Å². The molecule has 5 heteroatoms. The zero-order valence-electron chi connectivity index (χ0n) is 11.0. The van der Waals surface area contributed by atoms with Crippen molar-refractivity contribution in [2.24, 2.45) is 17.1 Å². The van der Waals surface area contributed by atoms with Crippen LogP contribution in [0.3, 0.4) is 0 Å². The van der Waals surface area contributed by atoms with E-state index in [-0.39, 0.29) is 11.9 Å². The van der Waals surface area contributed by atoms with Gasteiger partial charge < -0.3 is 15.4 Å². The average molecular weight is 254 g/mol. The molecule has 1 aliphatic heterocycles. The molecule has 1 atom stereocenters. The van der Waals surface area contributed by atoms with E-state index in [1.165, 1.54) is 7.11 Å². The zero-order valence-corrected chi connectivity index (χ0v) is 11.0. The molecule has 5 nitrogen and oxygen atoms in total. The standard InChI is InChI=1S/C13H22N2O3/c1-18-12(17)13(5-6-13)11(16)15-8-2-3-10(9-15)4-7-14/h10H,2-9,14H2,1H3/t10-/m1/s1. The van der Waals surface area contributed by atoms with E-state index in [4.69, 9.17) is 10.5 Å². The first-order valence-electron chi connectivity index (χ1n) is 6.72. The fraction of sp³-hybridized carbons (Fsp3) is 0.846. The fourth-order valence-corrected chi connectivity index (χ4v) is 2.85. The van der Waals surface area contributed by atoms with Crippen LogP contribution in [-0.4, -0.2) is 43.5 Å². The molecule has 1 amide bonds. The van der Waals surface area contributed by atoms with Crippen LogP contribution in [0.2, 0.25) is 0 Å². The first kappa shape index (κ1) is 13.3. The molecule has 1 saturated heterocycles. The molecule has 102 valence electrons. The number of carbonyl (C=O) groups is 2. The van der Waals surface area contributed by atoms with Gasteiger partial charge in [-0.25, -0.2) is 0 Å². The van der Waals surface area contributed by atoms with Crippen molar-refractivity contribution >= 4 is 11.9 Å². The highest BCUT2D eigenvalue weighted by Crippen LogP contribution is 2.48. The highest BCUT2D eigenvalue weighted by molar-refractivity contribution is 6.05. The summed E-state index contributed by atoms with van der Waals surface area (Å²) >= 11 is 0. The van der Waals surface area contributed by atoms with Gasteiger partial charge in [0, 0.05) is 13.1 Å². The van der Waals surface area contributed by atoms with Crippen LogP contribution in [-0.2, 0) is 14.3 Å². The van der Waals surface area contributed by atoms with E-state index in [0.717, 1.165) is 32.4 Å². The van der Waals surface area contributed by atoms with E-state index < -0.39 is 5.41 Å². The summed E-state index contributed by atoms with van der Waals surface area (Å²) in [6, 6.07) is 0. The molecule has 0 aromatic heterocycles. The number of carbonyl (C=O) groups excluding carboxylic acids is 2. The number of ether oxygens (including phenoxy) is 1. The number of nitrogens with two attached hydrogens (primary N) is 1. The van der Waals surface area contributed by atoms with Crippen LogP contribution in [0, 0.1) is 11.3 Å². The molecule has 1 saturated carbocycles. The number of piperidine rings is 1. The smallest absolute Gasteiger partial charge is 0.321 e. The summed E-state index contributed by atoms with van der Waals surface area (Å²) < 4.78 is 4.76. The lowest BCUT2D eigenvalue weighted by atomic mass is 9.93. The van der Waals surface area contributed by atoms with Crippen molar-refractivity contribution in [2.75, 3.05) is 26.7 Å². The minimum atomic E-state index is -0.848. The molecule has 0 aromatic carbocycles. The molecule has 0 bridgehead atoms. The third-order valence-electron chi connectivity index (χ3n) is 4.12. The lowest BCUT2D eigenvalue weighted by molar-refractivity contribution is -0.156. The largest absolute Gasteiger partial charge is 0.468 e. The number of rotatable bonds is 4. The van der Waals surface area contributed by atoms with Gasteiger partial charge in [0.15, 0.2) is 0 Å². The van der Waals surface area contributed by atoms with E-state index >= 15 is 0 Å². The van der Waals surface area contributed by atoms with Gasteiger partial charge in [0.05, 0.1) is 7.11 Å². The number of methoxy groups -OCH3 is 1. The topological polar surface area (TPSA) is 72.6 Å². The number of nitrogens with zero attached hydrogens (tertiary/aromatic N) is 1. The summed E-state index contributed by atoms with van der Waals surface area (Å²) in [5, 5.41) is 0. The summed E-state index contributed by atoms with van der Waals surface area (Å²) in [5.41, 5.74) is 4.72. The molecule has 1 aliphatic carbocycles. The maximum Gasteiger partial charge on any atom is 0.321 e. The van der Waals surface area contributed by atoms with Gasteiger partial charge in [0.2, 0.25) is 5.91 Å². The molecular formula is C13H22N2O3. The normalized spacial score (nSPS) is 25.7. The number of hydrogen-bond donors (Lipinski definition) is 1. The Morgan fingerprint density at radius 1 is 1.44 bits per heavy atom. The Morgan fingerprint density at radius 2 is 2.17 bits per heavy atom. The molecule has 0 unspecified atom stereocenters. The minimum absolute atomic E-state index is 0.0314. The molecule has 0 spiro atoms. The van der Waals surface area contributed by atoms with Crippen LogP contribution >= 0.6 is 0 Å². The summed E-state index contributed by atoms with van der Waals surface area (Å²) in [7, 11) is 1.35. The van der Waals surface area contributed by atoms with Crippen molar-refractivity contribution in [3.05, 3.63) is 0 Å². The maximum atomic E-state index is 12.4. The fourth-order valence-electron chi connectivity index (χ4n) is 2.85. The van der Waals surface area contributed by atoms with Crippen LogP contribution in [0.1, 0.15) is 32.1 Å². The number of hydrogen-bond acceptors (Lipinski definition) is 4. The van der Waals surface area contributed by atoms with Crippen molar-refractivity contribution in [3.8, 4) is 0 Å². The van der Waals surface area contributed by atoms with Gasteiger partial charge >= 0.3 is 5.97 Å². The van der Waals surface area contributed by atoms with Gasteiger partial charge in [-0.1, -0.05) is 0 Å². The molecule has 0 radical (unpaired) electrons. The lowest BCUT2D eigenvalue weighted by Gasteiger charge is -2.34. The Morgan fingerprint density at radius 3 is 2.72 bits per heavy atom. The van der Waals surface area contributed by atoms with Crippen LogP contribution in [0.4, 0.5) is 0 Å². The van der Waals surface area contributed by atoms with Crippen molar-refractivity contribution in [1.29, 1.82) is 0 Å². The molecule has 2 aliphatic rings. The Labute approximate surface area is 108 Å². The quantitative estimate of drug-likeness (QED) is 0.586. The van der Waals surface area contributed by atoms with E-state index in [1.807, 2.05) is 4.90 Å². The first-order chi connectivity index (χ1) is 8.64. The Hall–Kier alpha value is -1.10. The highest BCUT2D eigenvalue weighted by Gasteiger charge is 2.59. The number of esters is 1. The van der Waals surface area contributed by atoms with Gasteiger partial charge in [0.1, 0.15) is 5.41 Å². The Balaban J connectivity index is 1.99. The second-order valence-electron chi connectivity index (χ2n) is 5.41. The van der Waals surface area contributed by atoms with Crippen LogP contribution in [0.15, 0.2) is 0 Å². The average Bonchev–Trinajstić information content (AvgIpc) is 3.19. The predicted octanol–water partition coefficient (Wildman–Crippen LogP) is 0.527. The number of likely N-dealkylation sites (tertiary alicyclic amines) is 1. The second kappa shape index (κ2) is 5.26. The number of amides is 1. The summed E-state index contributed by atoms with van der Waals surface area (Å²) in [5.74, 6) is 0.0886. The monoisotopic (exact) mass is 254 g/mol. The molecule has 1 heterocycles. The summed E-state index contributed by atoms with van der Waals surface area (Å²) in [6.07, 6.45) is 4.36. The summed E-state index contributed by atoms with van der Waals surface area (Å²) in [4.78, 5) is 26.0. The van der Waals surface area contributed by atoms with Crippen LogP contribution < -0.4 is 5.73 Å². The molecule has 2 fully saturated rings. The van der Waals surface area contributed by atoms with Crippen molar-refractivity contribution in [3.63, 3.8) is 0 Å². The second-order valence-corrected chi connectivity index (χ2v) is 5.41. The van der Waals surface area contributed by atoms with Gasteiger partial charge in [-0.15, -0.1) is 0 Å². The van der Waals surface area contributed by atoms with Crippen molar-refractivity contribution < 1.29 is 14.3 Å². The molecule has 2 rings (SSSR count). The van der Waals surface area contributed by atoms with Gasteiger partial charge in [-0.05, 0) is 44.6 Å². The van der Waals surface area contributed by atoms with Crippen LogP contribution in [0.25, 0.3) is 0 Å². The van der Waals surface area contributed by atoms with E-state index in [0.29, 0.717) is 25.3 Å². The highest BCUT2D eigenvalue weighted by atomic mass is 16.5.